The number of aryl methyl sites for hydroxylation is 1. The standard InChI is InChI=1S/C10H11N3S/c1-2-7-3-5-8(6-4-7)9-12-13-10(11)14-9/h3-6H,2H2,1H3,(H2,11,13). The second-order valence-electron chi connectivity index (χ2n) is 3.00. The summed E-state index contributed by atoms with van der Waals surface area (Å²) in [5.74, 6) is 0. The predicted octanol–water partition coefficient (Wildman–Crippen LogP) is 2.35. The van der Waals surface area contributed by atoms with Crippen molar-refractivity contribution in [2.24, 2.45) is 0 Å². The van der Waals surface area contributed by atoms with Crippen LogP contribution in [0.25, 0.3) is 10.6 Å². The third-order valence-electron chi connectivity index (χ3n) is 2.05. The van der Waals surface area contributed by atoms with Crippen LogP contribution in [0.4, 0.5) is 5.13 Å². The van der Waals surface area contributed by atoms with Crippen molar-refractivity contribution < 1.29 is 0 Å². The summed E-state index contributed by atoms with van der Waals surface area (Å²) < 4.78 is 0. The van der Waals surface area contributed by atoms with Gasteiger partial charge in [-0.3, -0.25) is 0 Å². The van der Waals surface area contributed by atoms with E-state index < -0.39 is 0 Å². The number of nitrogens with two attached hydrogens (primary N) is 1. The van der Waals surface area contributed by atoms with E-state index in [-0.39, 0.29) is 0 Å². The number of rotatable bonds is 2. The summed E-state index contributed by atoms with van der Waals surface area (Å²) in [6, 6.07) is 8.32. The van der Waals surface area contributed by atoms with Gasteiger partial charge in [0.2, 0.25) is 5.13 Å². The number of nitrogen functional groups attached to an aromatic ring is 1. The van der Waals surface area contributed by atoms with Crippen molar-refractivity contribution >= 4 is 16.5 Å². The van der Waals surface area contributed by atoms with Crippen molar-refractivity contribution in [3.05, 3.63) is 29.8 Å². The van der Waals surface area contributed by atoms with E-state index in [4.69, 9.17) is 5.73 Å². The van der Waals surface area contributed by atoms with Crippen molar-refractivity contribution in [2.45, 2.75) is 13.3 Å². The quantitative estimate of drug-likeness (QED) is 0.818. The molecule has 0 saturated carbocycles. The molecule has 3 nitrogen and oxygen atoms in total. The topological polar surface area (TPSA) is 51.8 Å². The molecule has 4 heteroatoms. The molecule has 14 heavy (non-hydrogen) atoms. The first-order valence-corrected chi connectivity index (χ1v) is 5.29. The highest BCUT2D eigenvalue weighted by molar-refractivity contribution is 7.18. The van der Waals surface area contributed by atoms with Crippen LogP contribution >= 0.6 is 11.3 Å². The highest BCUT2D eigenvalue weighted by Gasteiger charge is 2.03. The summed E-state index contributed by atoms with van der Waals surface area (Å²) in [4.78, 5) is 0. The summed E-state index contributed by atoms with van der Waals surface area (Å²) in [7, 11) is 0. The number of hydrogen-bond donors (Lipinski definition) is 1. The molecule has 0 saturated heterocycles. The number of hydrogen-bond acceptors (Lipinski definition) is 4. The molecular formula is C10H11N3S. The third kappa shape index (κ3) is 1.75. The molecule has 0 aliphatic heterocycles. The Bertz CT molecular complexity index is 419. The Balaban J connectivity index is 2.33. The molecule has 0 fully saturated rings. The van der Waals surface area contributed by atoms with E-state index in [0.29, 0.717) is 5.13 Å². The fourth-order valence-corrected chi connectivity index (χ4v) is 1.85. The van der Waals surface area contributed by atoms with Gasteiger partial charge in [0.25, 0.3) is 0 Å². The summed E-state index contributed by atoms with van der Waals surface area (Å²) >= 11 is 1.41. The molecule has 2 rings (SSSR count). The van der Waals surface area contributed by atoms with Crippen LogP contribution in [0.5, 0.6) is 0 Å². The SMILES string of the molecule is CCc1ccc(-c2nnc(N)s2)cc1. The van der Waals surface area contributed by atoms with Gasteiger partial charge in [0.05, 0.1) is 0 Å². The number of nitrogens with zero attached hydrogens (tertiary/aromatic N) is 2. The molecular weight excluding hydrogens is 194 g/mol. The van der Waals surface area contributed by atoms with Crippen LogP contribution in [0, 0.1) is 0 Å². The van der Waals surface area contributed by atoms with Crippen LogP contribution in [0.1, 0.15) is 12.5 Å². The molecule has 0 aliphatic rings. The van der Waals surface area contributed by atoms with Gasteiger partial charge in [0.15, 0.2) is 0 Å². The molecule has 0 bridgehead atoms. The lowest BCUT2D eigenvalue weighted by molar-refractivity contribution is 1.10. The van der Waals surface area contributed by atoms with Crippen LogP contribution < -0.4 is 5.73 Å². The van der Waals surface area contributed by atoms with E-state index in [1.54, 1.807) is 0 Å². The molecule has 0 radical (unpaired) electrons. The predicted molar refractivity (Wildman–Crippen MR) is 59.1 cm³/mol. The van der Waals surface area contributed by atoms with Crippen LogP contribution in [-0.4, -0.2) is 10.2 Å². The zero-order valence-electron chi connectivity index (χ0n) is 7.90. The lowest BCUT2D eigenvalue weighted by Gasteiger charge is -1.97. The Morgan fingerprint density at radius 2 is 1.93 bits per heavy atom. The normalized spacial score (nSPS) is 10.4. The molecule has 0 atom stereocenters. The number of benzene rings is 1. The zero-order valence-corrected chi connectivity index (χ0v) is 8.71. The van der Waals surface area contributed by atoms with Gasteiger partial charge < -0.3 is 5.73 Å². The lowest BCUT2D eigenvalue weighted by atomic mass is 10.1. The Morgan fingerprint density at radius 1 is 1.21 bits per heavy atom. The van der Waals surface area contributed by atoms with Crippen molar-refractivity contribution in [3.63, 3.8) is 0 Å². The molecule has 0 spiro atoms. The molecule has 2 aromatic rings. The maximum Gasteiger partial charge on any atom is 0.203 e. The minimum atomic E-state index is 0.513. The van der Waals surface area contributed by atoms with E-state index in [2.05, 4.69) is 41.4 Å². The summed E-state index contributed by atoms with van der Waals surface area (Å²) in [6.45, 7) is 2.14. The lowest BCUT2D eigenvalue weighted by Crippen LogP contribution is -1.81. The number of aromatic nitrogens is 2. The molecule has 1 aromatic carbocycles. The zero-order chi connectivity index (χ0) is 9.97. The fourth-order valence-electron chi connectivity index (χ4n) is 1.23. The Labute approximate surface area is 86.6 Å². The minimum Gasteiger partial charge on any atom is -0.374 e. The molecule has 1 aromatic heterocycles. The second kappa shape index (κ2) is 3.75. The first-order valence-electron chi connectivity index (χ1n) is 4.48. The van der Waals surface area contributed by atoms with Crippen LogP contribution in [0.15, 0.2) is 24.3 Å². The smallest absolute Gasteiger partial charge is 0.203 e. The second-order valence-corrected chi connectivity index (χ2v) is 4.01. The van der Waals surface area contributed by atoms with Crippen LogP contribution in [-0.2, 0) is 6.42 Å². The summed E-state index contributed by atoms with van der Waals surface area (Å²) in [5, 5.41) is 9.16. The largest absolute Gasteiger partial charge is 0.374 e. The Morgan fingerprint density at radius 3 is 2.43 bits per heavy atom. The monoisotopic (exact) mass is 205 g/mol. The van der Waals surface area contributed by atoms with E-state index in [9.17, 15) is 0 Å². The minimum absolute atomic E-state index is 0.513. The summed E-state index contributed by atoms with van der Waals surface area (Å²) in [5.41, 5.74) is 7.92. The van der Waals surface area contributed by atoms with Gasteiger partial charge in [-0.05, 0) is 12.0 Å². The van der Waals surface area contributed by atoms with Gasteiger partial charge in [-0.2, -0.15) is 0 Å². The molecule has 0 amide bonds. The highest BCUT2D eigenvalue weighted by atomic mass is 32.1. The van der Waals surface area contributed by atoms with Crippen molar-refractivity contribution in [1.82, 2.24) is 10.2 Å². The van der Waals surface area contributed by atoms with Gasteiger partial charge >= 0.3 is 0 Å². The summed E-state index contributed by atoms with van der Waals surface area (Å²) in [6.07, 6.45) is 1.05. The number of anilines is 1. The fraction of sp³-hybridized carbons (Fsp3) is 0.200. The Kier molecular flexibility index (Phi) is 2.45. The van der Waals surface area contributed by atoms with Crippen molar-refractivity contribution in [1.29, 1.82) is 0 Å². The third-order valence-corrected chi connectivity index (χ3v) is 2.85. The van der Waals surface area contributed by atoms with Gasteiger partial charge in [0.1, 0.15) is 5.01 Å². The van der Waals surface area contributed by atoms with E-state index in [1.807, 2.05) is 0 Å². The maximum atomic E-state index is 5.52. The van der Waals surface area contributed by atoms with E-state index in [0.717, 1.165) is 17.0 Å². The molecule has 1 heterocycles. The van der Waals surface area contributed by atoms with Crippen LogP contribution in [0.3, 0.4) is 0 Å². The maximum absolute atomic E-state index is 5.52. The van der Waals surface area contributed by atoms with Gasteiger partial charge in [-0.25, -0.2) is 0 Å². The van der Waals surface area contributed by atoms with Gasteiger partial charge in [-0.1, -0.05) is 42.5 Å². The average Bonchev–Trinajstić information content (AvgIpc) is 2.65. The first-order chi connectivity index (χ1) is 6.79. The van der Waals surface area contributed by atoms with Gasteiger partial charge in [-0.15, -0.1) is 10.2 Å². The molecule has 0 unspecified atom stereocenters. The Hall–Kier alpha value is -1.42. The van der Waals surface area contributed by atoms with Crippen molar-refractivity contribution in [3.8, 4) is 10.6 Å². The average molecular weight is 205 g/mol. The van der Waals surface area contributed by atoms with Gasteiger partial charge in [0, 0.05) is 5.56 Å². The van der Waals surface area contributed by atoms with Crippen LogP contribution in [0.2, 0.25) is 0 Å². The molecule has 2 N–H and O–H groups in total. The highest BCUT2D eigenvalue weighted by Crippen LogP contribution is 2.24. The van der Waals surface area contributed by atoms with E-state index >= 15 is 0 Å². The van der Waals surface area contributed by atoms with Crippen molar-refractivity contribution in [2.75, 3.05) is 5.73 Å². The first kappa shape index (κ1) is 9.15. The molecule has 0 aliphatic carbocycles. The van der Waals surface area contributed by atoms with E-state index in [1.165, 1.54) is 16.9 Å². The molecule has 72 valence electrons.